The molecule has 0 spiro atoms. The molecule has 176 valence electrons. The van der Waals surface area contributed by atoms with Crippen molar-refractivity contribution in [2.75, 3.05) is 12.8 Å². The first-order valence-corrected chi connectivity index (χ1v) is 12.3. The van der Waals surface area contributed by atoms with Crippen LogP contribution in [-0.2, 0) is 0 Å². The van der Waals surface area contributed by atoms with Gasteiger partial charge in [-0.3, -0.25) is 0 Å². The third-order valence-corrected chi connectivity index (χ3v) is 7.17. The summed E-state index contributed by atoms with van der Waals surface area (Å²) >= 11 is 1.45. The van der Waals surface area contributed by atoms with Crippen LogP contribution in [0.5, 0.6) is 5.75 Å². The monoisotopic (exact) mass is 490 g/mol. The zero-order valence-corrected chi connectivity index (χ0v) is 20.5. The highest BCUT2D eigenvalue weighted by Crippen LogP contribution is 2.47. The van der Waals surface area contributed by atoms with E-state index in [-0.39, 0.29) is 0 Å². The van der Waals surface area contributed by atoms with Crippen molar-refractivity contribution in [2.24, 2.45) is 0 Å². The molecule has 3 heterocycles. The number of pyridine rings is 1. The molecule has 0 saturated carbocycles. The Balaban J connectivity index is 1.58. The Labute approximate surface area is 212 Å². The van der Waals surface area contributed by atoms with Gasteiger partial charge in [0, 0.05) is 22.1 Å². The minimum atomic E-state index is 0.372. The summed E-state index contributed by atoms with van der Waals surface area (Å²) in [6, 6.07) is 28.0. The van der Waals surface area contributed by atoms with E-state index in [0.717, 1.165) is 43.9 Å². The summed E-state index contributed by atoms with van der Waals surface area (Å²) in [6.07, 6.45) is 0. The average molecular weight is 491 g/mol. The molecule has 7 heteroatoms. The van der Waals surface area contributed by atoms with Gasteiger partial charge < -0.3 is 14.9 Å². The fourth-order valence-corrected chi connectivity index (χ4v) is 5.29. The zero-order chi connectivity index (χ0) is 24.6. The fourth-order valence-electron chi connectivity index (χ4n) is 4.24. The first-order valence-electron chi connectivity index (χ1n) is 11.4. The summed E-state index contributed by atoms with van der Waals surface area (Å²) in [4.78, 5) is 6.49. The van der Waals surface area contributed by atoms with Crippen molar-refractivity contribution in [1.82, 2.24) is 15.2 Å². The Morgan fingerprint density at radius 2 is 1.53 bits per heavy atom. The molecule has 0 aliphatic rings. The van der Waals surface area contributed by atoms with Gasteiger partial charge in [0.2, 0.25) is 5.89 Å². The highest BCUT2D eigenvalue weighted by molar-refractivity contribution is 7.22. The molecule has 0 aliphatic heterocycles. The summed E-state index contributed by atoms with van der Waals surface area (Å²) in [7, 11) is 1.67. The first kappa shape index (κ1) is 22.0. The molecule has 0 aliphatic carbocycles. The van der Waals surface area contributed by atoms with Crippen molar-refractivity contribution in [3.05, 3.63) is 90.5 Å². The van der Waals surface area contributed by atoms with Gasteiger partial charge in [-0.25, -0.2) is 4.98 Å². The Hall–Kier alpha value is -4.49. The highest BCUT2D eigenvalue weighted by Gasteiger charge is 2.23. The molecule has 6 rings (SSSR count). The van der Waals surface area contributed by atoms with Crippen molar-refractivity contribution >= 4 is 27.2 Å². The molecule has 0 unspecified atom stereocenters. The number of fused-ring (bicyclic) bond motifs is 1. The molecule has 6 nitrogen and oxygen atoms in total. The van der Waals surface area contributed by atoms with Gasteiger partial charge in [0.05, 0.1) is 18.5 Å². The number of aryl methyl sites for hydroxylation is 1. The van der Waals surface area contributed by atoms with Gasteiger partial charge in [0.25, 0.3) is 5.89 Å². The summed E-state index contributed by atoms with van der Waals surface area (Å²) in [5.41, 5.74) is 13.1. The Kier molecular flexibility index (Phi) is 5.47. The molecule has 0 radical (unpaired) electrons. The number of aromatic nitrogens is 3. The fraction of sp³-hybridized carbons (Fsp3) is 0.0690. The number of para-hydroxylation sites is 1. The van der Waals surface area contributed by atoms with Crippen LogP contribution in [0.25, 0.3) is 54.8 Å². The van der Waals surface area contributed by atoms with Crippen LogP contribution >= 0.6 is 11.3 Å². The summed E-state index contributed by atoms with van der Waals surface area (Å²) < 4.78 is 11.7. The van der Waals surface area contributed by atoms with Crippen LogP contribution in [0.15, 0.2) is 89.3 Å². The average Bonchev–Trinajstić information content (AvgIpc) is 3.54. The van der Waals surface area contributed by atoms with Gasteiger partial charge in [-0.2, -0.15) is 0 Å². The lowest BCUT2D eigenvalue weighted by molar-refractivity contribution is 0.416. The number of nitrogens with two attached hydrogens (primary N) is 1. The molecule has 0 bridgehead atoms. The maximum atomic E-state index is 6.76. The van der Waals surface area contributed by atoms with Gasteiger partial charge >= 0.3 is 0 Å². The van der Waals surface area contributed by atoms with Crippen molar-refractivity contribution in [2.45, 2.75) is 6.92 Å². The minimum Gasteiger partial charge on any atom is -0.496 e. The molecule has 0 amide bonds. The maximum Gasteiger partial charge on any atom is 0.260 e. The smallest absolute Gasteiger partial charge is 0.260 e. The van der Waals surface area contributed by atoms with E-state index in [9.17, 15) is 0 Å². The van der Waals surface area contributed by atoms with Gasteiger partial charge in [0.15, 0.2) is 0 Å². The van der Waals surface area contributed by atoms with Gasteiger partial charge in [-0.1, -0.05) is 66.2 Å². The quantitative estimate of drug-likeness (QED) is 0.274. The van der Waals surface area contributed by atoms with Crippen LogP contribution in [0, 0.1) is 6.92 Å². The van der Waals surface area contributed by atoms with Crippen LogP contribution in [0.2, 0.25) is 0 Å². The first-order chi connectivity index (χ1) is 17.6. The topological polar surface area (TPSA) is 87.1 Å². The third kappa shape index (κ3) is 3.79. The number of hydrogen-bond donors (Lipinski definition) is 1. The van der Waals surface area contributed by atoms with E-state index in [4.69, 9.17) is 19.9 Å². The Morgan fingerprint density at radius 3 is 2.31 bits per heavy atom. The SMILES string of the molecule is COc1ccccc1-c1cc(-c2ccc(C)cc2)nc2sc(-c3nnc(-c4ccccc4)o3)c(N)c12. The van der Waals surface area contributed by atoms with Gasteiger partial charge in [-0.05, 0) is 36.8 Å². The van der Waals surface area contributed by atoms with Gasteiger partial charge in [-0.15, -0.1) is 21.5 Å². The Morgan fingerprint density at radius 1 is 0.806 bits per heavy atom. The van der Waals surface area contributed by atoms with Crippen LogP contribution in [0.3, 0.4) is 0 Å². The van der Waals surface area contributed by atoms with Crippen molar-refractivity contribution in [3.63, 3.8) is 0 Å². The van der Waals surface area contributed by atoms with Crippen LogP contribution in [0.1, 0.15) is 5.56 Å². The third-order valence-electron chi connectivity index (χ3n) is 6.08. The van der Waals surface area contributed by atoms with E-state index in [1.807, 2.05) is 54.6 Å². The van der Waals surface area contributed by atoms with E-state index in [0.29, 0.717) is 22.3 Å². The number of hydrogen-bond acceptors (Lipinski definition) is 7. The minimum absolute atomic E-state index is 0.372. The maximum absolute atomic E-state index is 6.76. The standard InChI is InChI=1S/C29H22N4O2S/c1-17-12-14-18(15-13-17)22-16-21(20-10-6-7-11-23(20)34-2)24-25(30)26(36-29(24)31-22)28-33-32-27(35-28)19-8-4-3-5-9-19/h3-16H,30H2,1-2H3. The van der Waals surface area contributed by atoms with Crippen molar-refractivity contribution in [3.8, 4) is 50.4 Å². The zero-order valence-electron chi connectivity index (χ0n) is 19.7. The van der Waals surface area contributed by atoms with E-state index in [2.05, 4.69) is 47.5 Å². The second-order valence-electron chi connectivity index (χ2n) is 8.42. The second kappa shape index (κ2) is 8.94. The molecule has 3 aromatic heterocycles. The number of nitrogens with zero attached hydrogens (tertiary/aromatic N) is 3. The molecule has 3 aromatic carbocycles. The molecule has 6 aromatic rings. The summed E-state index contributed by atoms with van der Waals surface area (Å²) in [5.74, 6) is 1.58. The number of nitrogen functional groups attached to an aromatic ring is 1. The predicted octanol–water partition coefficient (Wildman–Crippen LogP) is 7.25. The lowest BCUT2D eigenvalue weighted by Gasteiger charge is -2.12. The van der Waals surface area contributed by atoms with E-state index < -0.39 is 0 Å². The van der Waals surface area contributed by atoms with Crippen molar-refractivity contribution in [1.29, 1.82) is 0 Å². The lowest BCUT2D eigenvalue weighted by Crippen LogP contribution is -1.93. The molecular weight excluding hydrogens is 468 g/mol. The summed E-state index contributed by atoms with van der Waals surface area (Å²) in [5, 5.41) is 9.40. The van der Waals surface area contributed by atoms with Crippen molar-refractivity contribution < 1.29 is 9.15 Å². The van der Waals surface area contributed by atoms with E-state index in [1.165, 1.54) is 16.9 Å². The second-order valence-corrected chi connectivity index (χ2v) is 9.42. The number of benzene rings is 3. The molecule has 0 saturated heterocycles. The number of methoxy groups -OCH3 is 1. The number of thiophene rings is 1. The molecule has 0 atom stereocenters. The Bertz CT molecular complexity index is 1690. The number of ether oxygens (including phenoxy) is 1. The number of anilines is 1. The molecule has 36 heavy (non-hydrogen) atoms. The molecular formula is C29H22N4O2S. The molecule has 0 fully saturated rings. The lowest BCUT2D eigenvalue weighted by atomic mass is 9.98. The largest absolute Gasteiger partial charge is 0.496 e. The summed E-state index contributed by atoms with van der Waals surface area (Å²) in [6.45, 7) is 2.07. The van der Waals surface area contributed by atoms with Crippen LogP contribution < -0.4 is 10.5 Å². The highest BCUT2D eigenvalue weighted by atomic mass is 32.1. The molecule has 2 N–H and O–H groups in total. The normalized spacial score (nSPS) is 11.2. The van der Waals surface area contributed by atoms with E-state index in [1.54, 1.807) is 7.11 Å². The predicted molar refractivity (Wildman–Crippen MR) is 145 cm³/mol. The van der Waals surface area contributed by atoms with Crippen LogP contribution in [-0.4, -0.2) is 22.3 Å². The number of rotatable bonds is 5. The van der Waals surface area contributed by atoms with Crippen LogP contribution in [0.4, 0.5) is 5.69 Å². The van der Waals surface area contributed by atoms with E-state index >= 15 is 0 Å². The van der Waals surface area contributed by atoms with Gasteiger partial charge in [0.1, 0.15) is 15.5 Å².